The Balaban J connectivity index is 3.15. The SMILES string of the molecule is CCC(Br)c1cc(C)c(Br)cc1C. The van der Waals surface area contributed by atoms with Gasteiger partial charge in [-0.3, -0.25) is 0 Å². The Hall–Kier alpha value is 0.180. The van der Waals surface area contributed by atoms with Gasteiger partial charge in [-0.2, -0.15) is 0 Å². The molecule has 0 fully saturated rings. The van der Waals surface area contributed by atoms with E-state index in [1.807, 2.05) is 0 Å². The lowest BCUT2D eigenvalue weighted by atomic mass is 10.0. The van der Waals surface area contributed by atoms with Crippen molar-refractivity contribution in [2.24, 2.45) is 0 Å². The molecule has 0 spiro atoms. The topological polar surface area (TPSA) is 0 Å². The fourth-order valence-corrected chi connectivity index (χ4v) is 2.31. The molecule has 1 unspecified atom stereocenters. The fourth-order valence-electron chi connectivity index (χ4n) is 1.36. The average molecular weight is 306 g/mol. The summed E-state index contributed by atoms with van der Waals surface area (Å²) < 4.78 is 1.20. The minimum atomic E-state index is 0.485. The first-order chi connectivity index (χ1) is 6.06. The zero-order valence-corrected chi connectivity index (χ0v) is 11.4. The first-order valence-corrected chi connectivity index (χ1v) is 6.17. The van der Waals surface area contributed by atoms with Crippen LogP contribution < -0.4 is 0 Å². The zero-order chi connectivity index (χ0) is 10.0. The van der Waals surface area contributed by atoms with E-state index in [0.29, 0.717) is 4.83 Å². The Morgan fingerprint density at radius 3 is 2.38 bits per heavy atom. The number of hydrogen-bond acceptors (Lipinski definition) is 0. The monoisotopic (exact) mass is 304 g/mol. The van der Waals surface area contributed by atoms with E-state index in [2.05, 4.69) is 64.8 Å². The second-order valence-electron chi connectivity index (χ2n) is 3.33. The first kappa shape index (κ1) is 11.3. The fraction of sp³-hybridized carbons (Fsp3) is 0.455. The van der Waals surface area contributed by atoms with Gasteiger partial charge in [-0.1, -0.05) is 44.8 Å². The van der Waals surface area contributed by atoms with Crippen molar-refractivity contribution in [1.29, 1.82) is 0 Å². The molecule has 0 aromatic heterocycles. The van der Waals surface area contributed by atoms with E-state index in [1.54, 1.807) is 0 Å². The van der Waals surface area contributed by atoms with Gasteiger partial charge in [0.15, 0.2) is 0 Å². The Bertz CT molecular complexity index is 305. The van der Waals surface area contributed by atoms with E-state index < -0.39 is 0 Å². The van der Waals surface area contributed by atoms with Gasteiger partial charge in [-0.05, 0) is 43.0 Å². The van der Waals surface area contributed by atoms with Crippen LogP contribution in [0.3, 0.4) is 0 Å². The highest BCUT2D eigenvalue weighted by Crippen LogP contribution is 2.31. The van der Waals surface area contributed by atoms with Crippen molar-refractivity contribution in [2.75, 3.05) is 0 Å². The molecular formula is C11H14Br2. The molecule has 0 aliphatic carbocycles. The third-order valence-electron chi connectivity index (χ3n) is 2.24. The van der Waals surface area contributed by atoms with Crippen LogP contribution in [0.15, 0.2) is 16.6 Å². The minimum absolute atomic E-state index is 0.485. The summed E-state index contributed by atoms with van der Waals surface area (Å²) in [6.45, 7) is 6.47. The normalized spacial score (nSPS) is 13.0. The van der Waals surface area contributed by atoms with E-state index in [0.717, 1.165) is 6.42 Å². The molecule has 1 atom stereocenters. The van der Waals surface area contributed by atoms with Crippen molar-refractivity contribution in [1.82, 2.24) is 0 Å². The second-order valence-corrected chi connectivity index (χ2v) is 5.29. The number of benzene rings is 1. The van der Waals surface area contributed by atoms with Gasteiger partial charge in [0.25, 0.3) is 0 Å². The third-order valence-corrected chi connectivity index (χ3v) is 4.24. The first-order valence-electron chi connectivity index (χ1n) is 4.47. The standard InChI is InChI=1S/C11H14Br2/c1-4-10(12)9-5-8(3)11(13)6-7(9)2/h5-6,10H,4H2,1-3H3. The van der Waals surface area contributed by atoms with Crippen LogP contribution in [0.2, 0.25) is 0 Å². The van der Waals surface area contributed by atoms with Crippen LogP contribution in [0.4, 0.5) is 0 Å². The zero-order valence-electron chi connectivity index (χ0n) is 8.20. The quantitative estimate of drug-likeness (QED) is 0.681. The van der Waals surface area contributed by atoms with Gasteiger partial charge in [-0.15, -0.1) is 0 Å². The second kappa shape index (κ2) is 4.61. The Morgan fingerprint density at radius 2 is 1.85 bits per heavy atom. The van der Waals surface area contributed by atoms with Crippen LogP contribution in [0.25, 0.3) is 0 Å². The number of rotatable bonds is 2. The molecule has 0 aliphatic rings. The van der Waals surface area contributed by atoms with Crippen LogP contribution in [-0.2, 0) is 0 Å². The van der Waals surface area contributed by atoms with Gasteiger partial charge in [0.1, 0.15) is 0 Å². The molecule has 13 heavy (non-hydrogen) atoms. The van der Waals surface area contributed by atoms with Gasteiger partial charge >= 0.3 is 0 Å². The number of aryl methyl sites for hydroxylation is 2. The molecular weight excluding hydrogens is 292 g/mol. The summed E-state index contributed by atoms with van der Waals surface area (Å²) in [6.07, 6.45) is 1.13. The molecule has 0 N–H and O–H groups in total. The van der Waals surface area contributed by atoms with Crippen molar-refractivity contribution in [3.63, 3.8) is 0 Å². The highest BCUT2D eigenvalue weighted by molar-refractivity contribution is 9.10. The summed E-state index contributed by atoms with van der Waals surface area (Å²) >= 11 is 7.22. The van der Waals surface area contributed by atoms with Crippen molar-refractivity contribution in [3.8, 4) is 0 Å². The lowest BCUT2D eigenvalue weighted by molar-refractivity contribution is 0.900. The summed E-state index contributed by atoms with van der Waals surface area (Å²) in [5, 5.41) is 0. The summed E-state index contributed by atoms with van der Waals surface area (Å²) in [6, 6.07) is 4.44. The molecule has 1 rings (SSSR count). The van der Waals surface area contributed by atoms with Gasteiger partial charge in [0.05, 0.1) is 0 Å². The number of alkyl halides is 1. The molecule has 0 saturated heterocycles. The third kappa shape index (κ3) is 2.57. The smallest absolute Gasteiger partial charge is 0.0395 e. The van der Waals surface area contributed by atoms with Gasteiger partial charge < -0.3 is 0 Å². The summed E-state index contributed by atoms with van der Waals surface area (Å²) in [5.41, 5.74) is 4.06. The maximum absolute atomic E-state index is 3.68. The minimum Gasteiger partial charge on any atom is -0.0839 e. The molecule has 2 heteroatoms. The molecule has 1 aromatic rings. The maximum Gasteiger partial charge on any atom is 0.0395 e. The van der Waals surface area contributed by atoms with E-state index in [4.69, 9.17) is 0 Å². The molecule has 0 saturated carbocycles. The lowest BCUT2D eigenvalue weighted by Gasteiger charge is -2.12. The van der Waals surface area contributed by atoms with Crippen LogP contribution >= 0.6 is 31.9 Å². The molecule has 0 nitrogen and oxygen atoms in total. The summed E-state index contributed by atoms with van der Waals surface area (Å²) in [5.74, 6) is 0. The predicted molar refractivity (Wildman–Crippen MR) is 65.6 cm³/mol. The Labute approximate surface area is 97.0 Å². The predicted octanol–water partition coefficient (Wildman–Crippen LogP) is 4.91. The summed E-state index contributed by atoms with van der Waals surface area (Å²) in [7, 11) is 0. The van der Waals surface area contributed by atoms with E-state index in [1.165, 1.54) is 21.2 Å². The Kier molecular flexibility index (Phi) is 3.99. The van der Waals surface area contributed by atoms with Crippen molar-refractivity contribution in [2.45, 2.75) is 32.0 Å². The molecule has 1 aromatic carbocycles. The molecule has 72 valence electrons. The lowest BCUT2D eigenvalue weighted by Crippen LogP contribution is -1.93. The average Bonchev–Trinajstić information content (AvgIpc) is 2.10. The molecule has 0 aliphatic heterocycles. The summed E-state index contributed by atoms with van der Waals surface area (Å²) in [4.78, 5) is 0.485. The van der Waals surface area contributed by atoms with Gasteiger partial charge in [0, 0.05) is 9.30 Å². The van der Waals surface area contributed by atoms with Crippen molar-refractivity contribution < 1.29 is 0 Å². The largest absolute Gasteiger partial charge is 0.0839 e. The Morgan fingerprint density at radius 1 is 1.23 bits per heavy atom. The molecule has 0 amide bonds. The van der Waals surface area contributed by atoms with Crippen molar-refractivity contribution >= 4 is 31.9 Å². The maximum atomic E-state index is 3.68. The molecule has 0 heterocycles. The van der Waals surface area contributed by atoms with Crippen LogP contribution in [0.1, 0.15) is 34.9 Å². The van der Waals surface area contributed by atoms with Crippen LogP contribution in [0, 0.1) is 13.8 Å². The van der Waals surface area contributed by atoms with E-state index >= 15 is 0 Å². The van der Waals surface area contributed by atoms with Gasteiger partial charge in [0.2, 0.25) is 0 Å². The number of halogens is 2. The van der Waals surface area contributed by atoms with Gasteiger partial charge in [-0.25, -0.2) is 0 Å². The highest BCUT2D eigenvalue weighted by Gasteiger charge is 2.09. The number of hydrogen-bond donors (Lipinski definition) is 0. The van der Waals surface area contributed by atoms with Crippen LogP contribution in [-0.4, -0.2) is 0 Å². The highest BCUT2D eigenvalue weighted by atomic mass is 79.9. The van der Waals surface area contributed by atoms with Crippen molar-refractivity contribution in [3.05, 3.63) is 33.3 Å². The van der Waals surface area contributed by atoms with E-state index in [9.17, 15) is 0 Å². The molecule has 0 bridgehead atoms. The molecule has 0 radical (unpaired) electrons. The van der Waals surface area contributed by atoms with E-state index in [-0.39, 0.29) is 0 Å². The van der Waals surface area contributed by atoms with Crippen LogP contribution in [0.5, 0.6) is 0 Å².